The van der Waals surface area contributed by atoms with Crippen LogP contribution in [0.1, 0.15) is 48.6 Å². The molecule has 2 aromatic rings. The Morgan fingerprint density at radius 3 is 2.14 bits per heavy atom. The zero-order chi connectivity index (χ0) is 21.7. The minimum Gasteiger partial charge on any atom is -0.311 e. The highest BCUT2D eigenvalue weighted by atomic mass is 32.2. The first-order chi connectivity index (χ1) is 13.3. The molecule has 0 aromatic heterocycles. The number of hydrogen-bond acceptors (Lipinski definition) is 3. The van der Waals surface area contributed by atoms with Crippen LogP contribution in [-0.2, 0) is 21.2 Å². The molecule has 0 unspecified atom stereocenters. The molecule has 0 spiro atoms. The third-order valence-electron chi connectivity index (χ3n) is 5.68. The summed E-state index contributed by atoms with van der Waals surface area (Å²) >= 11 is 0. The SMILES string of the molecule is Cc1cc(C)c(C)c(S(=O)(=O)Nc2ccc3c(c2)CCN3C(=O)C(C)(C)C)c1C. The second-order valence-electron chi connectivity index (χ2n) is 9.00. The topological polar surface area (TPSA) is 66.5 Å². The average molecular weight is 415 g/mol. The fourth-order valence-electron chi connectivity index (χ4n) is 3.87. The predicted octanol–water partition coefficient (Wildman–Crippen LogP) is 4.66. The molecule has 0 fully saturated rings. The van der Waals surface area contributed by atoms with Gasteiger partial charge in [0, 0.05) is 23.3 Å². The fraction of sp³-hybridized carbons (Fsp3) is 0.435. The van der Waals surface area contributed by atoms with E-state index in [1.165, 1.54) is 0 Å². The Hall–Kier alpha value is -2.34. The van der Waals surface area contributed by atoms with Crippen LogP contribution in [0.15, 0.2) is 29.2 Å². The van der Waals surface area contributed by atoms with E-state index < -0.39 is 15.4 Å². The fourth-order valence-corrected chi connectivity index (χ4v) is 5.54. The lowest BCUT2D eigenvalue weighted by Gasteiger charge is -2.26. The van der Waals surface area contributed by atoms with E-state index in [9.17, 15) is 13.2 Å². The van der Waals surface area contributed by atoms with Gasteiger partial charge in [0.15, 0.2) is 0 Å². The molecular formula is C23H30N2O3S. The van der Waals surface area contributed by atoms with Crippen LogP contribution in [0.2, 0.25) is 0 Å². The van der Waals surface area contributed by atoms with E-state index in [0.29, 0.717) is 23.5 Å². The number of nitrogens with one attached hydrogen (secondary N) is 1. The molecule has 0 atom stereocenters. The summed E-state index contributed by atoms with van der Waals surface area (Å²) in [5.41, 5.74) is 5.36. The van der Waals surface area contributed by atoms with Crippen LogP contribution in [-0.4, -0.2) is 20.9 Å². The summed E-state index contributed by atoms with van der Waals surface area (Å²) in [6.07, 6.45) is 0.717. The van der Waals surface area contributed by atoms with Crippen molar-refractivity contribution in [2.75, 3.05) is 16.2 Å². The summed E-state index contributed by atoms with van der Waals surface area (Å²) < 4.78 is 29.1. The van der Waals surface area contributed by atoms with Gasteiger partial charge in [-0.2, -0.15) is 0 Å². The number of carbonyl (C=O) groups is 1. The Morgan fingerprint density at radius 1 is 1.00 bits per heavy atom. The first-order valence-corrected chi connectivity index (χ1v) is 11.4. The largest absolute Gasteiger partial charge is 0.311 e. The predicted molar refractivity (Wildman–Crippen MR) is 118 cm³/mol. The quantitative estimate of drug-likeness (QED) is 0.795. The summed E-state index contributed by atoms with van der Waals surface area (Å²) in [4.78, 5) is 14.8. The van der Waals surface area contributed by atoms with Crippen molar-refractivity contribution < 1.29 is 13.2 Å². The van der Waals surface area contributed by atoms with Gasteiger partial charge >= 0.3 is 0 Å². The highest BCUT2D eigenvalue weighted by Gasteiger charge is 2.32. The number of aryl methyl sites for hydroxylation is 2. The summed E-state index contributed by atoms with van der Waals surface area (Å²) in [7, 11) is -3.72. The molecule has 0 saturated carbocycles. The summed E-state index contributed by atoms with van der Waals surface area (Å²) in [6, 6.07) is 7.43. The van der Waals surface area contributed by atoms with Crippen molar-refractivity contribution in [3.05, 3.63) is 52.1 Å². The Bertz CT molecular complexity index is 1070. The maximum atomic E-state index is 13.2. The van der Waals surface area contributed by atoms with Crippen molar-refractivity contribution in [1.29, 1.82) is 0 Å². The molecule has 3 rings (SSSR count). The van der Waals surface area contributed by atoms with E-state index in [2.05, 4.69) is 4.72 Å². The molecule has 1 heterocycles. The number of nitrogens with zero attached hydrogens (tertiary/aromatic N) is 1. The van der Waals surface area contributed by atoms with E-state index in [1.54, 1.807) is 11.0 Å². The van der Waals surface area contributed by atoms with Crippen LogP contribution in [0, 0.1) is 33.1 Å². The van der Waals surface area contributed by atoms with Crippen molar-refractivity contribution in [2.45, 2.75) is 59.8 Å². The normalized spacial score (nSPS) is 14.1. The van der Waals surface area contributed by atoms with E-state index >= 15 is 0 Å². The molecule has 0 aliphatic carbocycles. The van der Waals surface area contributed by atoms with Crippen molar-refractivity contribution in [2.24, 2.45) is 5.41 Å². The lowest BCUT2D eigenvalue weighted by Crippen LogP contribution is -2.38. The maximum absolute atomic E-state index is 13.2. The number of amides is 1. The number of rotatable bonds is 3. The van der Waals surface area contributed by atoms with Crippen molar-refractivity contribution in [3.63, 3.8) is 0 Å². The Morgan fingerprint density at radius 2 is 1.59 bits per heavy atom. The van der Waals surface area contributed by atoms with Gasteiger partial charge in [0.25, 0.3) is 10.0 Å². The van der Waals surface area contributed by atoms with Gasteiger partial charge in [-0.15, -0.1) is 0 Å². The van der Waals surface area contributed by atoms with E-state index in [-0.39, 0.29) is 5.91 Å². The molecule has 5 nitrogen and oxygen atoms in total. The number of carbonyl (C=O) groups excluding carboxylic acids is 1. The Labute approximate surface area is 174 Å². The van der Waals surface area contributed by atoms with Crippen LogP contribution in [0.5, 0.6) is 0 Å². The maximum Gasteiger partial charge on any atom is 0.262 e. The lowest BCUT2D eigenvalue weighted by molar-refractivity contribution is -0.125. The molecule has 0 saturated heterocycles. The monoisotopic (exact) mass is 414 g/mol. The number of hydrogen-bond donors (Lipinski definition) is 1. The molecule has 156 valence electrons. The van der Waals surface area contributed by atoms with Gasteiger partial charge in [-0.05, 0) is 80.1 Å². The minimum atomic E-state index is -3.72. The van der Waals surface area contributed by atoms with Crippen LogP contribution in [0.25, 0.3) is 0 Å². The van der Waals surface area contributed by atoms with Gasteiger partial charge in [-0.1, -0.05) is 26.8 Å². The number of benzene rings is 2. The zero-order valence-corrected chi connectivity index (χ0v) is 19.1. The first kappa shape index (κ1) is 21.4. The van der Waals surface area contributed by atoms with Gasteiger partial charge in [-0.25, -0.2) is 8.42 Å². The molecule has 2 aromatic carbocycles. The molecule has 0 radical (unpaired) electrons. The summed E-state index contributed by atoms with van der Waals surface area (Å²) in [5, 5.41) is 0. The summed E-state index contributed by atoms with van der Waals surface area (Å²) in [6.45, 7) is 13.9. The molecular weight excluding hydrogens is 384 g/mol. The van der Waals surface area contributed by atoms with Crippen LogP contribution in [0.4, 0.5) is 11.4 Å². The second-order valence-corrected chi connectivity index (χ2v) is 10.6. The van der Waals surface area contributed by atoms with E-state index in [0.717, 1.165) is 33.5 Å². The number of sulfonamides is 1. The second kappa shape index (κ2) is 7.17. The van der Waals surface area contributed by atoms with Crippen molar-refractivity contribution in [3.8, 4) is 0 Å². The van der Waals surface area contributed by atoms with Gasteiger partial charge < -0.3 is 4.90 Å². The van der Waals surface area contributed by atoms with Crippen LogP contribution >= 0.6 is 0 Å². The zero-order valence-electron chi connectivity index (χ0n) is 18.3. The Kier molecular flexibility index (Phi) is 5.28. The van der Waals surface area contributed by atoms with Gasteiger partial charge in [-0.3, -0.25) is 9.52 Å². The van der Waals surface area contributed by atoms with Gasteiger partial charge in [0.05, 0.1) is 4.90 Å². The third kappa shape index (κ3) is 3.90. The standard InChI is InChI=1S/C23H30N2O3S/c1-14-12-15(2)17(4)21(16(14)3)29(27,28)24-19-8-9-20-18(13-19)10-11-25(20)22(26)23(5,6)7/h8-9,12-13,24H,10-11H2,1-7H3. The number of fused-ring (bicyclic) bond motifs is 1. The van der Waals surface area contributed by atoms with Crippen LogP contribution in [0.3, 0.4) is 0 Å². The minimum absolute atomic E-state index is 0.0751. The van der Waals surface area contributed by atoms with Crippen molar-refractivity contribution >= 4 is 27.3 Å². The molecule has 29 heavy (non-hydrogen) atoms. The molecule has 1 amide bonds. The molecule has 1 aliphatic rings. The number of anilines is 2. The smallest absolute Gasteiger partial charge is 0.262 e. The lowest BCUT2D eigenvalue weighted by atomic mass is 9.94. The molecule has 1 aliphatic heterocycles. The van der Waals surface area contributed by atoms with Crippen molar-refractivity contribution in [1.82, 2.24) is 0 Å². The third-order valence-corrected chi connectivity index (χ3v) is 7.33. The first-order valence-electron chi connectivity index (χ1n) is 9.88. The highest BCUT2D eigenvalue weighted by molar-refractivity contribution is 7.92. The summed E-state index contributed by atoms with van der Waals surface area (Å²) in [5.74, 6) is 0.0751. The highest BCUT2D eigenvalue weighted by Crippen LogP contribution is 2.35. The van der Waals surface area contributed by atoms with E-state index in [4.69, 9.17) is 0 Å². The molecule has 0 bridgehead atoms. The molecule has 1 N–H and O–H groups in total. The molecule has 6 heteroatoms. The van der Waals surface area contributed by atoms with Crippen LogP contribution < -0.4 is 9.62 Å². The van der Waals surface area contributed by atoms with E-state index in [1.807, 2.05) is 66.7 Å². The Balaban J connectivity index is 1.95. The average Bonchev–Trinajstić information content (AvgIpc) is 3.01. The van der Waals surface area contributed by atoms with Gasteiger partial charge in [0.1, 0.15) is 0 Å². The van der Waals surface area contributed by atoms with Gasteiger partial charge in [0.2, 0.25) is 5.91 Å².